The smallest absolute Gasteiger partial charge is 0.271 e. The van der Waals surface area contributed by atoms with Gasteiger partial charge in [-0.2, -0.15) is 0 Å². The van der Waals surface area contributed by atoms with E-state index in [2.05, 4.69) is 51.6 Å². The molecule has 2 aliphatic rings. The van der Waals surface area contributed by atoms with Gasteiger partial charge in [-0.3, -0.25) is 9.36 Å². The summed E-state index contributed by atoms with van der Waals surface area (Å²) in [5.41, 5.74) is 6.33. The van der Waals surface area contributed by atoms with E-state index >= 15 is 0 Å². The van der Waals surface area contributed by atoms with Gasteiger partial charge < -0.3 is 9.47 Å². The van der Waals surface area contributed by atoms with Gasteiger partial charge in [0.05, 0.1) is 27.9 Å². The van der Waals surface area contributed by atoms with E-state index in [-0.39, 0.29) is 11.6 Å². The van der Waals surface area contributed by atoms with Gasteiger partial charge in [-0.15, -0.1) is 11.3 Å². The van der Waals surface area contributed by atoms with Crippen LogP contribution in [0, 0.1) is 0 Å². The lowest BCUT2D eigenvalue weighted by Crippen LogP contribution is -2.38. The molecular formula is C33H24BrClN2O3S2. The van der Waals surface area contributed by atoms with Gasteiger partial charge in [0.2, 0.25) is 0 Å². The molecule has 5 aromatic rings. The number of ether oxygens (including phenoxy) is 2. The van der Waals surface area contributed by atoms with Gasteiger partial charge in [0.25, 0.3) is 5.56 Å². The first-order chi connectivity index (χ1) is 20.5. The molecule has 210 valence electrons. The number of aromatic nitrogens is 1. The number of hydrogen-bond acceptors (Lipinski definition) is 6. The number of fused-ring (bicyclic) bond motifs is 3. The Morgan fingerprint density at radius 2 is 1.93 bits per heavy atom. The van der Waals surface area contributed by atoms with Crippen molar-refractivity contribution >= 4 is 62.0 Å². The lowest BCUT2D eigenvalue weighted by Gasteiger charge is -2.30. The van der Waals surface area contributed by atoms with Crippen LogP contribution < -0.4 is 24.4 Å². The topological polar surface area (TPSA) is 52.8 Å². The average Bonchev–Trinajstić information content (AvgIpc) is 3.64. The summed E-state index contributed by atoms with van der Waals surface area (Å²) in [4.78, 5) is 21.0. The minimum Gasteiger partial charge on any atom is -0.493 e. The fraction of sp³-hybridized carbons (Fsp3) is 0.152. The molecule has 0 bridgehead atoms. The molecule has 0 amide bonds. The van der Waals surface area contributed by atoms with Gasteiger partial charge in [-0.05, 0) is 81.2 Å². The second-order valence-electron chi connectivity index (χ2n) is 10.0. The minimum atomic E-state index is -0.159. The second kappa shape index (κ2) is 11.3. The molecule has 1 aliphatic carbocycles. The maximum absolute atomic E-state index is 14.0. The van der Waals surface area contributed by atoms with Gasteiger partial charge >= 0.3 is 0 Å². The van der Waals surface area contributed by atoms with E-state index in [1.807, 2.05) is 53.1 Å². The summed E-state index contributed by atoms with van der Waals surface area (Å²) in [5, 5.41) is 2.71. The minimum absolute atomic E-state index is 0.0447. The summed E-state index contributed by atoms with van der Waals surface area (Å²) >= 11 is 13.1. The molecule has 0 saturated carbocycles. The van der Waals surface area contributed by atoms with Crippen molar-refractivity contribution in [3.05, 3.63) is 140 Å². The second-order valence-corrected chi connectivity index (χ2v) is 13.3. The maximum Gasteiger partial charge on any atom is 0.271 e. The van der Waals surface area contributed by atoms with Crippen molar-refractivity contribution in [3.63, 3.8) is 0 Å². The van der Waals surface area contributed by atoms with Crippen molar-refractivity contribution in [1.29, 1.82) is 0 Å². The van der Waals surface area contributed by atoms with Crippen LogP contribution in [0.4, 0.5) is 0 Å². The first-order valence-corrected chi connectivity index (χ1v) is 16.3. The molecule has 0 N–H and O–H groups in total. The number of aryl methyl sites for hydroxylation is 1. The van der Waals surface area contributed by atoms with Crippen LogP contribution in [0.3, 0.4) is 0 Å². The Kier molecular flexibility index (Phi) is 7.40. The number of thiazole rings is 1. The summed E-state index contributed by atoms with van der Waals surface area (Å²) in [5.74, 6) is 1.12. The van der Waals surface area contributed by atoms with E-state index in [9.17, 15) is 4.79 Å². The highest BCUT2D eigenvalue weighted by atomic mass is 79.9. The number of methoxy groups -OCH3 is 1. The van der Waals surface area contributed by atoms with Crippen LogP contribution in [0.2, 0.25) is 5.02 Å². The van der Waals surface area contributed by atoms with Gasteiger partial charge in [0, 0.05) is 21.0 Å². The predicted molar refractivity (Wildman–Crippen MR) is 174 cm³/mol. The molecule has 0 fully saturated rings. The number of halogens is 2. The Bertz CT molecular complexity index is 2050. The molecule has 3 heterocycles. The number of hydrogen-bond donors (Lipinski definition) is 0. The van der Waals surface area contributed by atoms with Gasteiger partial charge in [-0.25, -0.2) is 4.99 Å². The van der Waals surface area contributed by atoms with Crippen LogP contribution >= 0.6 is 50.2 Å². The quantitative estimate of drug-likeness (QED) is 0.189. The molecule has 0 unspecified atom stereocenters. The van der Waals surface area contributed by atoms with Crippen molar-refractivity contribution < 1.29 is 9.47 Å². The molecule has 5 nitrogen and oxygen atoms in total. The highest BCUT2D eigenvalue weighted by Crippen LogP contribution is 2.42. The van der Waals surface area contributed by atoms with E-state index in [1.54, 1.807) is 18.4 Å². The summed E-state index contributed by atoms with van der Waals surface area (Å²) in [7, 11) is 1.60. The van der Waals surface area contributed by atoms with Crippen molar-refractivity contribution in [1.82, 2.24) is 4.57 Å². The fourth-order valence-corrected chi connectivity index (χ4v) is 8.21. The molecule has 42 heavy (non-hydrogen) atoms. The van der Waals surface area contributed by atoms with Crippen molar-refractivity contribution in [3.8, 4) is 11.5 Å². The Morgan fingerprint density at radius 1 is 1.10 bits per heavy atom. The Balaban J connectivity index is 1.31. The van der Waals surface area contributed by atoms with E-state index in [1.165, 1.54) is 28.0 Å². The first kappa shape index (κ1) is 27.4. The average molecular weight is 676 g/mol. The SMILES string of the molecule is COc1cc(/C=c2/sc3n(c2=O)[C@@H](c2cccs2)C2=C(N=3)c3ccccc3CC2)cc(Br)c1OCc1ccccc1Cl. The molecule has 1 aliphatic heterocycles. The third kappa shape index (κ3) is 4.86. The molecule has 7 rings (SSSR count). The Labute approximate surface area is 263 Å². The van der Waals surface area contributed by atoms with Crippen LogP contribution in [-0.4, -0.2) is 11.7 Å². The van der Waals surface area contributed by atoms with Gasteiger partial charge in [-0.1, -0.05) is 71.5 Å². The third-order valence-electron chi connectivity index (χ3n) is 7.57. The molecule has 1 atom stereocenters. The summed E-state index contributed by atoms with van der Waals surface area (Å²) in [6.07, 6.45) is 3.72. The number of allylic oxidation sites excluding steroid dienone is 1. The first-order valence-electron chi connectivity index (χ1n) is 13.4. The lowest BCUT2D eigenvalue weighted by molar-refractivity contribution is 0.282. The predicted octanol–water partition coefficient (Wildman–Crippen LogP) is 7.38. The standard InChI is InChI=1S/C33H24BrClN2O3S2/c1-39-26-16-19(15-24(34)31(26)40-18-21-8-3-5-10-25(21)35)17-28-32(38)37-30(27-11-6-14-41-27)23-13-12-20-7-2-4-9-22(20)29(23)36-33(37)42-28/h2-11,14-17,30H,12-13,18H2,1H3/b28-17+/t30-/m1/s1. The molecular weight excluding hydrogens is 652 g/mol. The maximum atomic E-state index is 14.0. The van der Waals surface area contributed by atoms with Crippen molar-refractivity contribution in [2.75, 3.05) is 7.11 Å². The fourth-order valence-electron chi connectivity index (χ4n) is 5.60. The van der Waals surface area contributed by atoms with E-state index in [0.717, 1.165) is 39.0 Å². The zero-order valence-electron chi connectivity index (χ0n) is 22.5. The largest absolute Gasteiger partial charge is 0.493 e. The van der Waals surface area contributed by atoms with E-state index in [0.29, 0.717) is 32.5 Å². The molecule has 2 aromatic heterocycles. The Morgan fingerprint density at radius 3 is 2.74 bits per heavy atom. The summed E-state index contributed by atoms with van der Waals surface area (Å²) < 4.78 is 15.0. The normalized spacial score (nSPS) is 16.0. The van der Waals surface area contributed by atoms with Gasteiger partial charge in [0.1, 0.15) is 6.61 Å². The molecule has 0 spiro atoms. The lowest BCUT2D eigenvalue weighted by atomic mass is 9.85. The molecule has 0 saturated heterocycles. The van der Waals surface area contributed by atoms with Crippen molar-refractivity contribution in [2.24, 2.45) is 4.99 Å². The molecule has 0 radical (unpaired) electrons. The van der Waals surface area contributed by atoms with Crippen LogP contribution in [0.5, 0.6) is 11.5 Å². The van der Waals surface area contributed by atoms with E-state index < -0.39 is 0 Å². The number of nitrogens with zero attached hydrogens (tertiary/aromatic N) is 2. The summed E-state index contributed by atoms with van der Waals surface area (Å²) in [6.45, 7) is 0.295. The van der Waals surface area contributed by atoms with Crippen LogP contribution in [0.25, 0.3) is 11.8 Å². The third-order valence-corrected chi connectivity index (χ3v) is 10.4. The number of thiophene rings is 1. The van der Waals surface area contributed by atoms with Crippen molar-refractivity contribution in [2.45, 2.75) is 25.5 Å². The highest BCUT2D eigenvalue weighted by Gasteiger charge is 2.33. The van der Waals surface area contributed by atoms with Crippen LogP contribution in [0.15, 0.2) is 98.0 Å². The van der Waals surface area contributed by atoms with Crippen LogP contribution in [0.1, 0.15) is 39.6 Å². The zero-order valence-corrected chi connectivity index (χ0v) is 26.4. The number of benzene rings is 3. The van der Waals surface area contributed by atoms with E-state index in [4.69, 9.17) is 26.1 Å². The Hall–Kier alpha value is -3.43. The molecule has 3 aromatic carbocycles. The number of rotatable bonds is 6. The van der Waals surface area contributed by atoms with Gasteiger partial charge in [0.15, 0.2) is 16.3 Å². The molecule has 9 heteroatoms. The zero-order chi connectivity index (χ0) is 28.8. The van der Waals surface area contributed by atoms with Crippen LogP contribution in [-0.2, 0) is 13.0 Å². The highest BCUT2D eigenvalue weighted by molar-refractivity contribution is 9.10. The summed E-state index contributed by atoms with van der Waals surface area (Å²) in [6, 6.07) is 23.9. The monoisotopic (exact) mass is 674 g/mol.